The molecular formula is C37H50N6O3. The second-order valence-corrected chi connectivity index (χ2v) is 15.7. The van der Waals surface area contributed by atoms with E-state index in [0.29, 0.717) is 30.6 Å². The zero-order valence-corrected chi connectivity index (χ0v) is 27.8. The number of hydrogen-bond acceptors (Lipinski definition) is 9. The molecule has 9 heteroatoms. The highest BCUT2D eigenvalue weighted by Gasteiger charge is 2.58. The highest BCUT2D eigenvalue weighted by Crippen LogP contribution is 2.64. The summed E-state index contributed by atoms with van der Waals surface area (Å²) in [5, 5.41) is 0. The van der Waals surface area contributed by atoms with Crippen LogP contribution >= 0.6 is 0 Å². The van der Waals surface area contributed by atoms with Crippen molar-refractivity contribution in [2.24, 2.45) is 28.6 Å². The predicted octanol–water partition coefficient (Wildman–Crippen LogP) is 4.62. The molecule has 3 aliphatic heterocycles. The van der Waals surface area contributed by atoms with Gasteiger partial charge in [0.1, 0.15) is 17.4 Å². The topological polar surface area (TPSA) is 90.0 Å². The van der Waals surface area contributed by atoms with E-state index in [1.807, 2.05) is 0 Å². The summed E-state index contributed by atoms with van der Waals surface area (Å²) in [5.41, 5.74) is 2.18. The molecular weight excluding hydrogens is 576 g/mol. The Labute approximate surface area is 273 Å². The van der Waals surface area contributed by atoms with E-state index in [4.69, 9.17) is 9.97 Å². The lowest BCUT2D eigenvalue weighted by atomic mass is 9.51. The molecule has 5 fully saturated rings. The molecule has 1 aromatic heterocycles. The second kappa shape index (κ2) is 11.6. The molecule has 46 heavy (non-hydrogen) atoms. The van der Waals surface area contributed by atoms with E-state index >= 15 is 0 Å². The van der Waals surface area contributed by atoms with Crippen LogP contribution < -0.4 is 14.7 Å². The normalized spacial score (nSPS) is 34.7. The van der Waals surface area contributed by atoms with Gasteiger partial charge in [-0.15, -0.1) is 0 Å². The van der Waals surface area contributed by atoms with Gasteiger partial charge in [-0.2, -0.15) is 9.97 Å². The molecule has 0 spiro atoms. The van der Waals surface area contributed by atoms with Gasteiger partial charge in [-0.3, -0.25) is 19.3 Å². The van der Waals surface area contributed by atoms with Crippen LogP contribution in [0.15, 0.2) is 29.4 Å². The molecule has 0 bridgehead atoms. The highest BCUT2D eigenvalue weighted by atomic mass is 16.2. The summed E-state index contributed by atoms with van der Waals surface area (Å²) in [4.78, 5) is 58.3. The number of aromatic nitrogens is 2. The number of nitrogens with zero attached hydrogens (tertiary/aromatic N) is 6. The number of carbonyl (C=O) groups is 3. The molecule has 0 unspecified atom stereocenters. The molecule has 0 aromatic carbocycles. The zero-order valence-electron chi connectivity index (χ0n) is 27.8. The minimum atomic E-state index is -0.324. The van der Waals surface area contributed by atoms with Gasteiger partial charge in [-0.1, -0.05) is 31.1 Å². The molecule has 246 valence electrons. The van der Waals surface area contributed by atoms with Crippen molar-refractivity contribution in [3.05, 3.63) is 29.4 Å². The van der Waals surface area contributed by atoms with E-state index in [0.717, 1.165) is 108 Å². The Bertz CT molecular complexity index is 1450. The summed E-state index contributed by atoms with van der Waals surface area (Å²) in [6.45, 7) is 12.8. The van der Waals surface area contributed by atoms with Crippen molar-refractivity contribution in [2.45, 2.75) is 78.1 Å². The fourth-order valence-corrected chi connectivity index (χ4v) is 10.5. The number of piperazine rings is 1. The zero-order chi connectivity index (χ0) is 31.6. The third-order valence-electron chi connectivity index (χ3n) is 13.2. The van der Waals surface area contributed by atoms with E-state index in [-0.39, 0.29) is 28.3 Å². The Morgan fingerprint density at radius 1 is 0.848 bits per heavy atom. The van der Waals surface area contributed by atoms with Gasteiger partial charge in [-0.05, 0) is 81.1 Å². The van der Waals surface area contributed by atoms with Gasteiger partial charge in [0.15, 0.2) is 0 Å². The van der Waals surface area contributed by atoms with E-state index in [1.165, 1.54) is 31.3 Å². The molecule has 4 heterocycles. The SMILES string of the molecule is C[C@]12CC(=O)C(=O)C=C1CC[C@@H]1C2=CC[C@]2(C)[C@@H](C(=O)CN3CCN(c4cc(N5CCCC5)nc(N5CCCC5)n4)CC3)CC[C@@H]12. The molecule has 5 atom stereocenters. The van der Waals surface area contributed by atoms with Crippen LogP contribution in [0.3, 0.4) is 0 Å². The highest BCUT2D eigenvalue weighted by molar-refractivity contribution is 6.42. The van der Waals surface area contributed by atoms with Crippen molar-refractivity contribution < 1.29 is 14.4 Å². The number of fused-ring (bicyclic) bond motifs is 5. The number of anilines is 3. The van der Waals surface area contributed by atoms with Crippen molar-refractivity contribution in [2.75, 3.05) is 73.6 Å². The fourth-order valence-electron chi connectivity index (χ4n) is 10.5. The first kappa shape index (κ1) is 30.3. The van der Waals surface area contributed by atoms with E-state index in [1.54, 1.807) is 6.08 Å². The van der Waals surface area contributed by atoms with Crippen LogP contribution in [0.5, 0.6) is 0 Å². The van der Waals surface area contributed by atoms with Gasteiger partial charge in [0.2, 0.25) is 17.5 Å². The minimum Gasteiger partial charge on any atom is -0.356 e. The van der Waals surface area contributed by atoms with Crippen LogP contribution in [0.25, 0.3) is 0 Å². The lowest BCUT2D eigenvalue weighted by Crippen LogP contribution is -2.50. The Balaban J connectivity index is 0.932. The Hall–Kier alpha value is -3.07. The first-order valence-electron chi connectivity index (χ1n) is 18.1. The maximum absolute atomic E-state index is 14.0. The first-order valence-corrected chi connectivity index (χ1v) is 18.1. The van der Waals surface area contributed by atoms with Crippen molar-refractivity contribution in [1.82, 2.24) is 14.9 Å². The standard InChI is InChI=1S/C37H50N6O3/c1-36-12-11-28-26(8-7-25-21-30(44)31(45)23-37(25,28)2)27(36)9-10-29(36)32(46)24-40-17-19-42(20-18-40)34-22-33(41-13-3-4-14-41)38-35(39-34)43-15-5-6-16-43/h11,21-22,26-27,29H,3-10,12-20,23-24H2,1-2H3/t26-,27-,29+,36-,37-/m0/s1. The molecule has 8 rings (SSSR count). The summed E-state index contributed by atoms with van der Waals surface area (Å²) >= 11 is 0. The molecule has 3 saturated heterocycles. The van der Waals surface area contributed by atoms with Crippen molar-refractivity contribution in [3.63, 3.8) is 0 Å². The smallest absolute Gasteiger partial charge is 0.229 e. The first-order chi connectivity index (χ1) is 22.2. The number of Topliss-reactive ketones (excluding diaryl/α,β-unsaturated/α-hetero) is 2. The molecule has 0 N–H and O–H groups in total. The molecule has 2 saturated carbocycles. The van der Waals surface area contributed by atoms with Crippen molar-refractivity contribution in [3.8, 4) is 0 Å². The third-order valence-corrected chi connectivity index (χ3v) is 13.2. The molecule has 7 aliphatic rings. The second-order valence-electron chi connectivity index (χ2n) is 15.7. The Morgan fingerprint density at radius 3 is 2.20 bits per heavy atom. The van der Waals surface area contributed by atoms with Crippen LogP contribution in [0.2, 0.25) is 0 Å². The predicted molar refractivity (Wildman–Crippen MR) is 179 cm³/mol. The minimum absolute atomic E-state index is 0.0297. The number of ketones is 3. The van der Waals surface area contributed by atoms with Crippen LogP contribution in [-0.2, 0) is 14.4 Å². The van der Waals surface area contributed by atoms with E-state index in [2.05, 4.69) is 45.6 Å². The van der Waals surface area contributed by atoms with Crippen molar-refractivity contribution >= 4 is 34.9 Å². The van der Waals surface area contributed by atoms with Gasteiger partial charge in [-0.25, -0.2) is 0 Å². The Morgan fingerprint density at radius 2 is 1.50 bits per heavy atom. The van der Waals surface area contributed by atoms with Crippen LogP contribution in [-0.4, -0.2) is 91.1 Å². The van der Waals surface area contributed by atoms with Crippen LogP contribution in [0, 0.1) is 28.6 Å². The number of carbonyl (C=O) groups excluding carboxylic acids is 3. The quantitative estimate of drug-likeness (QED) is 0.332. The monoisotopic (exact) mass is 626 g/mol. The molecule has 9 nitrogen and oxygen atoms in total. The largest absolute Gasteiger partial charge is 0.356 e. The number of allylic oxidation sites excluding steroid dienone is 4. The number of hydrogen-bond donors (Lipinski definition) is 0. The summed E-state index contributed by atoms with van der Waals surface area (Å²) in [5.74, 6) is 3.78. The molecule has 4 aliphatic carbocycles. The summed E-state index contributed by atoms with van der Waals surface area (Å²) in [6.07, 6.45) is 14.1. The fraction of sp³-hybridized carbons (Fsp3) is 0.703. The van der Waals surface area contributed by atoms with Gasteiger partial charge >= 0.3 is 0 Å². The lowest BCUT2D eigenvalue weighted by molar-refractivity contribution is -0.135. The van der Waals surface area contributed by atoms with Gasteiger partial charge in [0.05, 0.1) is 6.54 Å². The van der Waals surface area contributed by atoms with Gasteiger partial charge in [0.25, 0.3) is 0 Å². The van der Waals surface area contributed by atoms with Crippen molar-refractivity contribution in [1.29, 1.82) is 0 Å². The number of rotatable bonds is 6. The van der Waals surface area contributed by atoms with E-state index < -0.39 is 0 Å². The lowest BCUT2D eigenvalue weighted by Gasteiger charge is -2.53. The average Bonchev–Trinajstić information content (AvgIpc) is 3.84. The maximum atomic E-state index is 14.0. The third kappa shape index (κ3) is 5.03. The molecule has 0 amide bonds. The van der Waals surface area contributed by atoms with Gasteiger partial charge < -0.3 is 14.7 Å². The molecule has 1 aromatic rings. The summed E-state index contributed by atoms with van der Waals surface area (Å²) in [6, 6.07) is 2.20. The summed E-state index contributed by atoms with van der Waals surface area (Å²) < 4.78 is 0. The van der Waals surface area contributed by atoms with E-state index in [9.17, 15) is 14.4 Å². The molecule has 0 radical (unpaired) electrons. The maximum Gasteiger partial charge on any atom is 0.229 e. The average molecular weight is 627 g/mol. The Kier molecular flexibility index (Phi) is 7.61. The van der Waals surface area contributed by atoms with Gasteiger partial charge in [0, 0.05) is 76.2 Å². The van der Waals surface area contributed by atoms with Crippen LogP contribution in [0.1, 0.15) is 78.1 Å². The van der Waals surface area contributed by atoms with Crippen LogP contribution in [0.4, 0.5) is 17.6 Å². The summed E-state index contributed by atoms with van der Waals surface area (Å²) in [7, 11) is 0.